The molecular weight excluding hydrogens is 307 g/mol. The van der Waals surface area contributed by atoms with Gasteiger partial charge in [-0.1, -0.05) is 0 Å². The van der Waals surface area contributed by atoms with Gasteiger partial charge in [0, 0.05) is 0 Å². The molecule has 1 aromatic rings. The molecule has 0 aromatic carbocycles. The molecule has 7 nitrogen and oxygen atoms in total. The van der Waals surface area contributed by atoms with Crippen LogP contribution in [0.5, 0.6) is 0 Å². The molecule has 0 bridgehead atoms. The van der Waals surface area contributed by atoms with Crippen molar-refractivity contribution in [2.24, 2.45) is 0 Å². The Morgan fingerprint density at radius 2 is 2.28 bits per heavy atom. The monoisotopic (exact) mass is 321 g/mol. The van der Waals surface area contributed by atoms with Crippen LogP contribution in [0, 0.1) is 0 Å². The summed E-state index contributed by atoms with van der Waals surface area (Å²) in [6.45, 7) is 1.13. The molecule has 0 aliphatic carbocycles. The van der Waals surface area contributed by atoms with Gasteiger partial charge in [0.25, 0.3) is 0 Å². The zero-order valence-electron chi connectivity index (χ0n) is 9.55. The summed E-state index contributed by atoms with van der Waals surface area (Å²) in [5.74, 6) is 0. The predicted octanol–water partition coefficient (Wildman–Crippen LogP) is -3.18. The van der Waals surface area contributed by atoms with Crippen molar-refractivity contribution in [3.05, 3.63) is 22.6 Å². The van der Waals surface area contributed by atoms with E-state index in [1.54, 1.807) is 6.92 Å². The molecule has 1 aromatic heterocycles. The first kappa shape index (κ1) is 13.7. The van der Waals surface area contributed by atoms with E-state index in [0.717, 1.165) is 0 Å². The Hall–Kier alpha value is -0.761. The number of hydrogen-bond donors (Lipinski definition) is 3. The molecule has 0 spiro atoms. The molecule has 1 aliphatic heterocycles. The van der Waals surface area contributed by atoms with E-state index in [1.807, 2.05) is 0 Å². The van der Waals surface area contributed by atoms with Gasteiger partial charge in [-0.3, -0.25) is 0 Å². The molecule has 0 amide bonds. The average Bonchev–Trinajstić information content (AvgIpc) is 2.54. The molecule has 8 heteroatoms. The zero-order chi connectivity index (χ0) is 13.5. The van der Waals surface area contributed by atoms with E-state index in [0.29, 0.717) is 0 Å². The normalized spacial score (nSPS) is 35.9. The fourth-order valence-corrected chi connectivity index (χ4v) is 2.73. The van der Waals surface area contributed by atoms with Crippen molar-refractivity contribution in [3.8, 4) is 0 Å². The first-order chi connectivity index (χ1) is 8.40. The van der Waals surface area contributed by atoms with E-state index in [9.17, 15) is 15.0 Å². The van der Waals surface area contributed by atoms with Crippen molar-refractivity contribution in [1.82, 2.24) is 9.55 Å². The Labute approximate surface area is 111 Å². The first-order valence-corrected chi connectivity index (χ1v) is 6.18. The van der Waals surface area contributed by atoms with E-state index in [4.69, 9.17) is 9.84 Å². The minimum atomic E-state index is -1.30. The van der Waals surface area contributed by atoms with Crippen LogP contribution in [0.1, 0.15) is 6.92 Å². The molecule has 1 saturated heterocycles. The van der Waals surface area contributed by atoms with E-state index >= 15 is 0 Å². The van der Waals surface area contributed by atoms with Gasteiger partial charge >= 0.3 is 111 Å². The molecule has 4 atom stereocenters. The summed E-state index contributed by atoms with van der Waals surface area (Å²) in [5.41, 5.74) is -1.72. The van der Waals surface area contributed by atoms with Gasteiger partial charge in [-0.2, -0.15) is 0 Å². The fourth-order valence-electron chi connectivity index (χ4n) is 2.04. The molecule has 18 heavy (non-hydrogen) atoms. The summed E-state index contributed by atoms with van der Waals surface area (Å²) in [5, 5.41) is 28.9. The Morgan fingerprint density at radius 3 is 2.78 bits per heavy atom. The number of rotatable bonds is 2. The number of aliphatic hydroxyl groups excluding tert-OH is 3. The van der Waals surface area contributed by atoms with Crippen LogP contribution < -0.4 is 10.3 Å². The Balaban J connectivity index is 2.45. The van der Waals surface area contributed by atoms with Gasteiger partial charge in [-0.25, -0.2) is 0 Å². The molecule has 0 saturated carbocycles. The van der Waals surface area contributed by atoms with Crippen LogP contribution in [0.2, 0.25) is 0 Å². The van der Waals surface area contributed by atoms with Crippen LogP contribution in [-0.2, 0) is 10.5 Å². The van der Waals surface area contributed by atoms with Crippen LogP contribution in [0.3, 0.4) is 0 Å². The van der Waals surface area contributed by atoms with Gasteiger partial charge in [-0.15, -0.1) is 0 Å². The second kappa shape index (κ2) is 4.73. The van der Waals surface area contributed by atoms with Gasteiger partial charge in [0.05, 0.1) is 0 Å². The average molecular weight is 320 g/mol. The topological polar surface area (TPSA) is 105 Å². The summed E-state index contributed by atoms with van der Waals surface area (Å²) in [4.78, 5) is 14.8. The summed E-state index contributed by atoms with van der Waals surface area (Å²) in [7, 11) is 0. The van der Waals surface area contributed by atoms with E-state index in [-0.39, 0.29) is 4.72 Å². The fraction of sp³-hybridized carbons (Fsp3) is 0.600. The minimum absolute atomic E-state index is 0.231. The summed E-state index contributed by atoms with van der Waals surface area (Å²) in [6.07, 6.45) is -1.93. The van der Waals surface area contributed by atoms with E-state index in [1.165, 1.54) is 16.8 Å². The number of aliphatic hydroxyl groups is 3. The van der Waals surface area contributed by atoms with Gasteiger partial charge in [-0.05, 0) is 0 Å². The summed E-state index contributed by atoms with van der Waals surface area (Å²) in [6, 6.07) is 1.22. The third-order valence-corrected chi connectivity index (χ3v) is 3.68. The quantitative estimate of drug-likeness (QED) is 0.497. The van der Waals surface area contributed by atoms with Crippen molar-refractivity contribution in [2.45, 2.75) is 31.0 Å². The molecular formula is C10H13N2O5Se. The first-order valence-electron chi connectivity index (χ1n) is 5.32. The van der Waals surface area contributed by atoms with Crippen LogP contribution in [0.4, 0.5) is 0 Å². The molecule has 0 unspecified atom stereocenters. The molecule has 2 rings (SSSR count). The van der Waals surface area contributed by atoms with Crippen molar-refractivity contribution in [3.63, 3.8) is 0 Å². The summed E-state index contributed by atoms with van der Waals surface area (Å²) < 4.78 is 7.13. The van der Waals surface area contributed by atoms with Gasteiger partial charge in [0.2, 0.25) is 0 Å². The second-order valence-corrected chi connectivity index (χ2v) is 5.01. The molecule has 1 aliphatic rings. The molecule has 3 N–H and O–H groups in total. The Kier molecular flexibility index (Phi) is 3.59. The predicted molar refractivity (Wildman–Crippen MR) is 61.5 cm³/mol. The number of hydrogen-bond acceptors (Lipinski definition) is 6. The number of ether oxygens (including phenoxy) is 1. The van der Waals surface area contributed by atoms with E-state index < -0.39 is 36.2 Å². The third kappa shape index (κ3) is 2.01. The zero-order valence-corrected chi connectivity index (χ0v) is 11.3. The van der Waals surface area contributed by atoms with Gasteiger partial charge in [0.15, 0.2) is 0 Å². The van der Waals surface area contributed by atoms with Gasteiger partial charge in [0.1, 0.15) is 0 Å². The van der Waals surface area contributed by atoms with Crippen molar-refractivity contribution >= 4 is 20.7 Å². The molecule has 1 fully saturated rings. The number of aromatic nitrogens is 2. The van der Waals surface area contributed by atoms with Crippen LogP contribution in [0.15, 0.2) is 17.1 Å². The van der Waals surface area contributed by atoms with Crippen LogP contribution in [0.25, 0.3) is 0 Å². The Morgan fingerprint density at radius 1 is 1.61 bits per heavy atom. The van der Waals surface area contributed by atoms with Crippen LogP contribution >= 0.6 is 0 Å². The molecule has 99 valence electrons. The van der Waals surface area contributed by atoms with Crippen molar-refractivity contribution in [2.75, 3.05) is 6.61 Å². The van der Waals surface area contributed by atoms with Crippen molar-refractivity contribution < 1.29 is 20.1 Å². The summed E-state index contributed by atoms with van der Waals surface area (Å²) >= 11 is 2.60. The van der Waals surface area contributed by atoms with Crippen LogP contribution in [-0.4, -0.2) is 65.8 Å². The standard InChI is InChI=1S/C10H13N2O5Se/c1-10(8(16)7(15)5(4-13)17-10)12-3-2-6(14)11-9(12)18/h2-3,5,7-8,13,15-16H,4H2,1H3/t5-,7-,8-,10-/m1/s1. The van der Waals surface area contributed by atoms with E-state index in [2.05, 4.69) is 21.0 Å². The SMILES string of the molecule is C[C@@]1(n2ccc(=O)nc2[Se])O[C@H](CO)[C@@H](O)[C@H]1O. The third-order valence-electron chi connectivity index (χ3n) is 3.08. The second-order valence-electron chi connectivity index (χ2n) is 4.25. The molecule has 2 heterocycles. The van der Waals surface area contributed by atoms with Gasteiger partial charge < -0.3 is 0 Å². The Bertz CT molecular complexity index is 507. The van der Waals surface area contributed by atoms with Crippen molar-refractivity contribution in [1.29, 1.82) is 0 Å². The molecule has 1 radical (unpaired) electrons. The maximum absolute atomic E-state index is 11.1. The number of nitrogens with zero attached hydrogens (tertiary/aromatic N) is 2. The maximum atomic E-state index is 11.1.